The molecule has 1 aromatic heterocycles. The minimum atomic E-state index is -0.986. The SMILES string of the molecule is Cc1cscc1C(=O)N[C@H](CC(C)C)C(=O)O. The standard InChI is InChI=1S/C12H17NO3S/c1-7(2)4-10(12(15)16)13-11(14)9-6-17-5-8(9)3/h5-7,10H,4H2,1-3H3,(H,13,14)(H,15,16)/t10-/m1/s1. The number of rotatable bonds is 5. The third-order valence-corrected chi connectivity index (χ3v) is 3.27. The molecule has 0 spiro atoms. The maximum Gasteiger partial charge on any atom is 0.326 e. The largest absolute Gasteiger partial charge is 0.480 e. The summed E-state index contributed by atoms with van der Waals surface area (Å²) in [6.45, 7) is 5.69. The first-order valence-electron chi connectivity index (χ1n) is 5.48. The van der Waals surface area contributed by atoms with Crippen LogP contribution >= 0.6 is 11.3 Å². The van der Waals surface area contributed by atoms with Gasteiger partial charge in [0.2, 0.25) is 0 Å². The summed E-state index contributed by atoms with van der Waals surface area (Å²) in [5.41, 5.74) is 1.44. The predicted molar refractivity (Wildman–Crippen MR) is 67.4 cm³/mol. The van der Waals surface area contributed by atoms with E-state index in [1.165, 1.54) is 11.3 Å². The highest BCUT2D eigenvalue weighted by atomic mass is 32.1. The molecule has 0 saturated heterocycles. The van der Waals surface area contributed by atoms with Crippen molar-refractivity contribution in [3.05, 3.63) is 21.9 Å². The molecule has 0 saturated carbocycles. The number of aryl methyl sites for hydroxylation is 1. The number of carbonyl (C=O) groups excluding carboxylic acids is 1. The summed E-state index contributed by atoms with van der Waals surface area (Å²) in [4.78, 5) is 22.9. The van der Waals surface area contributed by atoms with E-state index in [2.05, 4.69) is 5.32 Å². The maximum absolute atomic E-state index is 11.9. The van der Waals surface area contributed by atoms with Crippen LogP contribution in [0.5, 0.6) is 0 Å². The quantitative estimate of drug-likeness (QED) is 0.848. The summed E-state index contributed by atoms with van der Waals surface area (Å²) in [7, 11) is 0. The van der Waals surface area contributed by atoms with E-state index in [1.54, 1.807) is 5.38 Å². The van der Waals surface area contributed by atoms with Gasteiger partial charge in [-0.05, 0) is 30.2 Å². The van der Waals surface area contributed by atoms with E-state index in [1.807, 2.05) is 26.2 Å². The van der Waals surface area contributed by atoms with E-state index >= 15 is 0 Å². The number of hydrogen-bond acceptors (Lipinski definition) is 3. The number of carboxylic acids is 1. The molecule has 94 valence electrons. The molecule has 0 aliphatic heterocycles. The van der Waals surface area contributed by atoms with Crippen LogP contribution < -0.4 is 5.32 Å². The van der Waals surface area contributed by atoms with Gasteiger partial charge in [0.15, 0.2) is 0 Å². The zero-order valence-corrected chi connectivity index (χ0v) is 11.0. The molecular formula is C12H17NO3S. The summed E-state index contributed by atoms with van der Waals surface area (Å²) in [6.07, 6.45) is 0.435. The lowest BCUT2D eigenvalue weighted by Gasteiger charge is -2.16. The number of amides is 1. The molecule has 0 aromatic carbocycles. The van der Waals surface area contributed by atoms with Crippen LogP contribution in [0.4, 0.5) is 0 Å². The molecule has 0 bridgehead atoms. The van der Waals surface area contributed by atoms with Crippen molar-refractivity contribution in [1.82, 2.24) is 5.32 Å². The second-order valence-electron chi connectivity index (χ2n) is 4.46. The highest BCUT2D eigenvalue weighted by molar-refractivity contribution is 7.08. The Hall–Kier alpha value is -1.36. The normalized spacial score (nSPS) is 12.5. The Bertz CT molecular complexity index is 412. The fourth-order valence-corrected chi connectivity index (χ4v) is 2.35. The molecule has 5 heteroatoms. The van der Waals surface area contributed by atoms with Gasteiger partial charge in [0.1, 0.15) is 6.04 Å². The molecule has 0 unspecified atom stereocenters. The van der Waals surface area contributed by atoms with Crippen molar-refractivity contribution in [2.45, 2.75) is 33.2 Å². The molecule has 1 aromatic rings. The summed E-state index contributed by atoms with van der Waals surface area (Å²) < 4.78 is 0. The Kier molecular flexibility index (Phi) is 4.69. The molecule has 0 radical (unpaired) electrons. The predicted octanol–water partition coefficient (Wildman–Crippen LogP) is 2.29. The first-order valence-corrected chi connectivity index (χ1v) is 6.42. The first-order chi connectivity index (χ1) is 7.91. The Labute approximate surface area is 105 Å². The van der Waals surface area contributed by atoms with Gasteiger partial charge in [-0.15, -0.1) is 0 Å². The van der Waals surface area contributed by atoms with E-state index in [9.17, 15) is 9.59 Å². The van der Waals surface area contributed by atoms with Crippen LogP contribution in [0.3, 0.4) is 0 Å². The highest BCUT2D eigenvalue weighted by Gasteiger charge is 2.22. The molecular weight excluding hydrogens is 238 g/mol. The minimum Gasteiger partial charge on any atom is -0.480 e. The zero-order chi connectivity index (χ0) is 13.0. The van der Waals surface area contributed by atoms with Gasteiger partial charge in [0.25, 0.3) is 5.91 Å². The molecule has 1 rings (SSSR count). The molecule has 4 nitrogen and oxygen atoms in total. The molecule has 2 N–H and O–H groups in total. The number of aliphatic carboxylic acids is 1. The van der Waals surface area contributed by atoms with Crippen LogP contribution in [0.15, 0.2) is 10.8 Å². The van der Waals surface area contributed by atoms with Crippen molar-refractivity contribution >= 4 is 23.2 Å². The molecule has 1 heterocycles. The van der Waals surface area contributed by atoms with Crippen molar-refractivity contribution in [2.24, 2.45) is 5.92 Å². The van der Waals surface area contributed by atoms with Gasteiger partial charge in [0.05, 0.1) is 5.56 Å². The number of thiophene rings is 1. The monoisotopic (exact) mass is 255 g/mol. The van der Waals surface area contributed by atoms with Crippen LogP contribution in [0.25, 0.3) is 0 Å². The van der Waals surface area contributed by atoms with Crippen LogP contribution in [0.1, 0.15) is 36.2 Å². The Balaban J connectivity index is 2.71. The highest BCUT2D eigenvalue weighted by Crippen LogP contribution is 2.14. The molecule has 1 atom stereocenters. The van der Waals surface area contributed by atoms with Crippen LogP contribution in [0.2, 0.25) is 0 Å². The average Bonchev–Trinajstić information content (AvgIpc) is 2.62. The van der Waals surface area contributed by atoms with E-state index in [0.29, 0.717) is 12.0 Å². The lowest BCUT2D eigenvalue weighted by Crippen LogP contribution is -2.41. The van der Waals surface area contributed by atoms with Crippen molar-refractivity contribution in [1.29, 1.82) is 0 Å². The van der Waals surface area contributed by atoms with Crippen LogP contribution in [-0.4, -0.2) is 23.0 Å². The third-order valence-electron chi connectivity index (χ3n) is 2.41. The van der Waals surface area contributed by atoms with Crippen LogP contribution in [-0.2, 0) is 4.79 Å². The lowest BCUT2D eigenvalue weighted by atomic mass is 10.0. The number of carboxylic acid groups (broad SMARTS) is 1. The minimum absolute atomic E-state index is 0.222. The second-order valence-corrected chi connectivity index (χ2v) is 5.21. The van der Waals surface area contributed by atoms with Gasteiger partial charge < -0.3 is 10.4 Å². The van der Waals surface area contributed by atoms with Crippen molar-refractivity contribution in [3.8, 4) is 0 Å². The van der Waals surface area contributed by atoms with Gasteiger partial charge in [-0.3, -0.25) is 4.79 Å². The van der Waals surface area contributed by atoms with Gasteiger partial charge >= 0.3 is 5.97 Å². The number of hydrogen-bond donors (Lipinski definition) is 2. The van der Waals surface area contributed by atoms with Gasteiger partial charge in [0, 0.05) is 5.38 Å². The Morgan fingerprint density at radius 2 is 2.06 bits per heavy atom. The fraction of sp³-hybridized carbons (Fsp3) is 0.500. The van der Waals surface area contributed by atoms with E-state index in [4.69, 9.17) is 5.11 Å². The maximum atomic E-state index is 11.9. The fourth-order valence-electron chi connectivity index (χ4n) is 1.52. The summed E-state index contributed by atoms with van der Waals surface area (Å²) >= 11 is 1.44. The summed E-state index contributed by atoms with van der Waals surface area (Å²) in [5, 5.41) is 15.2. The van der Waals surface area contributed by atoms with E-state index in [-0.39, 0.29) is 11.8 Å². The van der Waals surface area contributed by atoms with Crippen LogP contribution in [0, 0.1) is 12.8 Å². The average molecular weight is 255 g/mol. The zero-order valence-electron chi connectivity index (χ0n) is 10.2. The van der Waals surface area contributed by atoms with Crippen molar-refractivity contribution in [3.63, 3.8) is 0 Å². The molecule has 0 fully saturated rings. The van der Waals surface area contributed by atoms with E-state index in [0.717, 1.165) is 5.56 Å². The molecule has 0 aliphatic rings. The topological polar surface area (TPSA) is 66.4 Å². The smallest absolute Gasteiger partial charge is 0.326 e. The summed E-state index contributed by atoms with van der Waals surface area (Å²) in [5.74, 6) is -1.07. The number of nitrogens with one attached hydrogen (secondary N) is 1. The summed E-state index contributed by atoms with van der Waals surface area (Å²) in [6, 6.07) is -0.818. The molecule has 17 heavy (non-hydrogen) atoms. The second kappa shape index (κ2) is 5.82. The lowest BCUT2D eigenvalue weighted by molar-refractivity contribution is -0.139. The molecule has 0 aliphatic carbocycles. The van der Waals surface area contributed by atoms with Gasteiger partial charge in [-0.1, -0.05) is 13.8 Å². The molecule has 1 amide bonds. The Morgan fingerprint density at radius 3 is 2.47 bits per heavy atom. The van der Waals surface area contributed by atoms with Gasteiger partial charge in [-0.2, -0.15) is 11.3 Å². The number of carbonyl (C=O) groups is 2. The van der Waals surface area contributed by atoms with E-state index < -0.39 is 12.0 Å². The van der Waals surface area contributed by atoms with Gasteiger partial charge in [-0.25, -0.2) is 4.79 Å². The third kappa shape index (κ3) is 3.85. The van der Waals surface area contributed by atoms with Crippen molar-refractivity contribution < 1.29 is 14.7 Å². The first kappa shape index (κ1) is 13.7. The van der Waals surface area contributed by atoms with Crippen molar-refractivity contribution in [2.75, 3.05) is 0 Å². The Morgan fingerprint density at radius 1 is 1.41 bits per heavy atom.